The molecule has 0 spiro atoms. The molecule has 0 bridgehead atoms. The molecule has 0 aliphatic carbocycles. The molecule has 0 radical (unpaired) electrons. The number of benzene rings is 1. The van der Waals surface area contributed by atoms with Crippen molar-refractivity contribution < 1.29 is 9.47 Å². The fraction of sp³-hybridized carbons (Fsp3) is 0.500. The highest BCUT2D eigenvalue weighted by atomic mass is 16.7. The first-order valence-electron chi connectivity index (χ1n) is 5.28. The predicted octanol–water partition coefficient (Wildman–Crippen LogP) is 1.87. The normalized spacial score (nSPS) is 10.3. The quantitative estimate of drug-likeness (QED) is 0.574. The third-order valence-corrected chi connectivity index (χ3v) is 2.13. The zero-order valence-electron chi connectivity index (χ0n) is 9.45. The van der Waals surface area contributed by atoms with Crippen LogP contribution in [0.3, 0.4) is 0 Å². The monoisotopic (exact) mass is 209 g/mol. The first kappa shape index (κ1) is 12.0. The van der Waals surface area contributed by atoms with Crippen LogP contribution in [0.2, 0.25) is 0 Å². The summed E-state index contributed by atoms with van der Waals surface area (Å²) in [6.07, 6.45) is 0.836. The lowest BCUT2D eigenvalue weighted by Gasteiger charge is -2.11. The molecule has 3 heteroatoms. The number of nitrogens with two attached hydrogens (primary N) is 1. The van der Waals surface area contributed by atoms with E-state index in [0.717, 1.165) is 17.7 Å². The van der Waals surface area contributed by atoms with Crippen LogP contribution in [0.15, 0.2) is 18.2 Å². The molecule has 0 unspecified atom stereocenters. The summed E-state index contributed by atoms with van der Waals surface area (Å²) < 4.78 is 10.7. The molecule has 1 aromatic rings. The molecule has 0 aromatic heterocycles. The highest BCUT2D eigenvalue weighted by Gasteiger charge is 2.03. The Hall–Kier alpha value is -1.06. The lowest BCUT2D eigenvalue weighted by Crippen LogP contribution is -2.08. The molecule has 15 heavy (non-hydrogen) atoms. The number of ether oxygens (including phenoxy) is 2. The van der Waals surface area contributed by atoms with Crippen LogP contribution in [0.25, 0.3) is 0 Å². The number of hydrogen-bond donors (Lipinski definition) is 1. The minimum Gasteiger partial charge on any atom is -0.467 e. The standard InChI is InChI=1S/C12H19NO2/c1-3-14-9-15-12-5-4-10(2)8-11(12)6-7-13/h4-5,8H,3,6-7,9,13H2,1-2H3. The number of aryl methyl sites for hydroxylation is 1. The summed E-state index contributed by atoms with van der Waals surface area (Å²) in [5.74, 6) is 0.875. The Morgan fingerprint density at radius 1 is 1.33 bits per heavy atom. The van der Waals surface area contributed by atoms with Crippen molar-refractivity contribution in [2.45, 2.75) is 20.3 Å². The summed E-state index contributed by atoms with van der Waals surface area (Å²) in [6.45, 7) is 5.61. The minimum absolute atomic E-state index is 0.303. The first-order chi connectivity index (χ1) is 7.27. The summed E-state index contributed by atoms with van der Waals surface area (Å²) >= 11 is 0. The van der Waals surface area contributed by atoms with Crippen LogP contribution in [-0.2, 0) is 11.2 Å². The minimum atomic E-state index is 0.303. The summed E-state index contributed by atoms with van der Waals surface area (Å²) in [4.78, 5) is 0. The van der Waals surface area contributed by atoms with Gasteiger partial charge in [-0.2, -0.15) is 0 Å². The fourth-order valence-corrected chi connectivity index (χ4v) is 1.39. The zero-order chi connectivity index (χ0) is 11.1. The average molecular weight is 209 g/mol. The molecule has 0 aliphatic rings. The molecule has 0 saturated heterocycles. The summed E-state index contributed by atoms with van der Waals surface area (Å²) in [7, 11) is 0. The molecule has 84 valence electrons. The smallest absolute Gasteiger partial charge is 0.189 e. The van der Waals surface area contributed by atoms with E-state index in [0.29, 0.717) is 19.9 Å². The number of hydrogen-bond acceptors (Lipinski definition) is 3. The Labute approximate surface area is 91.2 Å². The van der Waals surface area contributed by atoms with Crippen molar-refractivity contribution in [2.24, 2.45) is 5.73 Å². The van der Waals surface area contributed by atoms with Gasteiger partial charge in [-0.15, -0.1) is 0 Å². The lowest BCUT2D eigenvalue weighted by atomic mass is 10.1. The second-order valence-corrected chi connectivity index (χ2v) is 3.40. The Balaban J connectivity index is 2.67. The molecule has 0 fully saturated rings. The van der Waals surface area contributed by atoms with Crippen LogP contribution in [0.1, 0.15) is 18.1 Å². The molecule has 0 atom stereocenters. The second-order valence-electron chi connectivity index (χ2n) is 3.40. The van der Waals surface area contributed by atoms with Crippen molar-refractivity contribution >= 4 is 0 Å². The van der Waals surface area contributed by atoms with Crippen molar-refractivity contribution in [1.29, 1.82) is 0 Å². The van der Waals surface area contributed by atoms with Gasteiger partial charge in [-0.1, -0.05) is 17.7 Å². The third-order valence-electron chi connectivity index (χ3n) is 2.13. The van der Waals surface area contributed by atoms with Crippen LogP contribution < -0.4 is 10.5 Å². The highest BCUT2D eigenvalue weighted by Crippen LogP contribution is 2.20. The maximum Gasteiger partial charge on any atom is 0.189 e. The predicted molar refractivity (Wildman–Crippen MR) is 61.1 cm³/mol. The van der Waals surface area contributed by atoms with E-state index in [9.17, 15) is 0 Å². The Kier molecular flexibility index (Phi) is 5.15. The van der Waals surface area contributed by atoms with Gasteiger partial charge in [0.2, 0.25) is 0 Å². The molecule has 0 amide bonds. The van der Waals surface area contributed by atoms with Crippen LogP contribution >= 0.6 is 0 Å². The van der Waals surface area contributed by atoms with E-state index in [1.165, 1.54) is 5.56 Å². The zero-order valence-corrected chi connectivity index (χ0v) is 9.45. The van der Waals surface area contributed by atoms with Crippen LogP contribution in [-0.4, -0.2) is 19.9 Å². The molecule has 1 rings (SSSR count). The molecule has 2 N–H and O–H groups in total. The summed E-state index contributed by atoms with van der Waals surface area (Å²) in [5, 5.41) is 0. The van der Waals surface area contributed by atoms with Crippen LogP contribution in [0, 0.1) is 6.92 Å². The molecule has 1 aromatic carbocycles. The molecule has 0 heterocycles. The van der Waals surface area contributed by atoms with Gasteiger partial charge >= 0.3 is 0 Å². The van der Waals surface area contributed by atoms with E-state index in [-0.39, 0.29) is 0 Å². The summed E-state index contributed by atoms with van der Waals surface area (Å²) in [6, 6.07) is 6.11. The molecule has 3 nitrogen and oxygen atoms in total. The lowest BCUT2D eigenvalue weighted by molar-refractivity contribution is 0.0218. The van der Waals surface area contributed by atoms with E-state index in [1.54, 1.807) is 0 Å². The van der Waals surface area contributed by atoms with Crippen molar-refractivity contribution in [3.05, 3.63) is 29.3 Å². The topological polar surface area (TPSA) is 44.5 Å². The van der Waals surface area contributed by atoms with E-state index in [4.69, 9.17) is 15.2 Å². The van der Waals surface area contributed by atoms with Gasteiger partial charge in [0.25, 0.3) is 0 Å². The maximum absolute atomic E-state index is 5.55. The van der Waals surface area contributed by atoms with Crippen molar-refractivity contribution in [2.75, 3.05) is 19.9 Å². The SMILES string of the molecule is CCOCOc1ccc(C)cc1CCN. The number of rotatable bonds is 6. The fourth-order valence-electron chi connectivity index (χ4n) is 1.39. The highest BCUT2D eigenvalue weighted by molar-refractivity contribution is 5.37. The first-order valence-corrected chi connectivity index (χ1v) is 5.28. The van der Waals surface area contributed by atoms with Gasteiger partial charge in [-0.3, -0.25) is 0 Å². The van der Waals surface area contributed by atoms with Gasteiger partial charge in [0.1, 0.15) is 5.75 Å². The van der Waals surface area contributed by atoms with Gasteiger partial charge in [0, 0.05) is 6.61 Å². The summed E-state index contributed by atoms with van der Waals surface area (Å²) in [5.41, 5.74) is 7.92. The Morgan fingerprint density at radius 3 is 2.80 bits per heavy atom. The molecular formula is C12H19NO2. The Morgan fingerprint density at radius 2 is 2.13 bits per heavy atom. The second kappa shape index (κ2) is 6.43. The van der Waals surface area contributed by atoms with E-state index < -0.39 is 0 Å². The van der Waals surface area contributed by atoms with E-state index in [1.807, 2.05) is 19.1 Å². The molecule has 0 aliphatic heterocycles. The van der Waals surface area contributed by atoms with Gasteiger partial charge in [-0.05, 0) is 38.4 Å². The van der Waals surface area contributed by atoms with E-state index >= 15 is 0 Å². The van der Waals surface area contributed by atoms with Crippen LogP contribution in [0.5, 0.6) is 5.75 Å². The Bertz CT molecular complexity index is 300. The van der Waals surface area contributed by atoms with E-state index in [2.05, 4.69) is 13.0 Å². The largest absolute Gasteiger partial charge is 0.467 e. The van der Waals surface area contributed by atoms with Gasteiger partial charge < -0.3 is 15.2 Å². The van der Waals surface area contributed by atoms with Gasteiger partial charge in [0.05, 0.1) is 0 Å². The van der Waals surface area contributed by atoms with Gasteiger partial charge in [-0.25, -0.2) is 0 Å². The maximum atomic E-state index is 5.55. The van der Waals surface area contributed by atoms with Crippen molar-refractivity contribution in [3.8, 4) is 5.75 Å². The van der Waals surface area contributed by atoms with Crippen LogP contribution in [0.4, 0.5) is 0 Å². The molecular weight excluding hydrogens is 190 g/mol. The third kappa shape index (κ3) is 3.90. The molecule has 0 saturated carbocycles. The van der Waals surface area contributed by atoms with Crippen molar-refractivity contribution in [3.63, 3.8) is 0 Å². The van der Waals surface area contributed by atoms with Gasteiger partial charge in [0.15, 0.2) is 6.79 Å². The van der Waals surface area contributed by atoms with Crippen molar-refractivity contribution in [1.82, 2.24) is 0 Å². The average Bonchev–Trinajstić information content (AvgIpc) is 2.22.